The van der Waals surface area contributed by atoms with Gasteiger partial charge in [0.15, 0.2) is 0 Å². The van der Waals surface area contributed by atoms with E-state index < -0.39 is 12.1 Å². The molecular formula is C13H14N2O3. The molecule has 1 aromatic carbocycles. The summed E-state index contributed by atoms with van der Waals surface area (Å²) in [4.78, 5) is 11.5. The molecular weight excluding hydrogens is 232 g/mol. The molecule has 0 bridgehead atoms. The van der Waals surface area contributed by atoms with Crippen molar-refractivity contribution in [1.29, 1.82) is 0 Å². The van der Waals surface area contributed by atoms with Gasteiger partial charge in [0, 0.05) is 18.0 Å². The van der Waals surface area contributed by atoms with Crippen LogP contribution in [0.5, 0.6) is 0 Å². The van der Waals surface area contributed by atoms with E-state index in [-0.39, 0.29) is 0 Å². The molecule has 0 amide bonds. The fraction of sp³-hybridized carbons (Fsp3) is 0.231. The van der Waals surface area contributed by atoms with E-state index in [0.717, 1.165) is 5.69 Å². The van der Waals surface area contributed by atoms with Crippen LogP contribution in [0, 0.1) is 0 Å². The van der Waals surface area contributed by atoms with Crippen molar-refractivity contribution in [3.8, 4) is 5.69 Å². The number of methoxy groups -OCH3 is 1. The van der Waals surface area contributed by atoms with Gasteiger partial charge in [-0.05, 0) is 31.2 Å². The number of aliphatic hydroxyl groups excluding tert-OH is 1. The number of carbonyl (C=O) groups is 1. The molecule has 0 fully saturated rings. The van der Waals surface area contributed by atoms with Crippen molar-refractivity contribution in [2.75, 3.05) is 7.11 Å². The van der Waals surface area contributed by atoms with E-state index in [2.05, 4.69) is 9.84 Å². The Morgan fingerprint density at radius 2 is 2.28 bits per heavy atom. The lowest BCUT2D eigenvalue weighted by Crippen LogP contribution is -2.07. The van der Waals surface area contributed by atoms with Gasteiger partial charge in [0.2, 0.25) is 0 Å². The van der Waals surface area contributed by atoms with E-state index in [1.54, 1.807) is 48.3 Å². The second-order valence-electron chi connectivity index (χ2n) is 3.89. The zero-order valence-corrected chi connectivity index (χ0v) is 10.2. The van der Waals surface area contributed by atoms with Crippen LogP contribution in [0.3, 0.4) is 0 Å². The van der Waals surface area contributed by atoms with Crippen molar-refractivity contribution in [3.63, 3.8) is 0 Å². The predicted molar refractivity (Wildman–Crippen MR) is 65.5 cm³/mol. The van der Waals surface area contributed by atoms with E-state index in [4.69, 9.17) is 0 Å². The third-order valence-corrected chi connectivity index (χ3v) is 2.65. The van der Waals surface area contributed by atoms with Gasteiger partial charge in [-0.25, -0.2) is 9.48 Å². The lowest BCUT2D eigenvalue weighted by Gasteiger charge is -2.13. The van der Waals surface area contributed by atoms with E-state index in [0.29, 0.717) is 11.1 Å². The molecule has 18 heavy (non-hydrogen) atoms. The molecule has 5 heteroatoms. The van der Waals surface area contributed by atoms with Crippen molar-refractivity contribution in [3.05, 3.63) is 47.8 Å². The molecule has 5 nitrogen and oxygen atoms in total. The van der Waals surface area contributed by atoms with Crippen LogP contribution < -0.4 is 0 Å². The molecule has 0 aliphatic carbocycles. The molecule has 1 unspecified atom stereocenters. The molecule has 2 rings (SSSR count). The Morgan fingerprint density at radius 1 is 1.50 bits per heavy atom. The van der Waals surface area contributed by atoms with Crippen LogP contribution in [0.2, 0.25) is 0 Å². The normalized spacial score (nSPS) is 12.2. The molecule has 0 saturated heterocycles. The first kappa shape index (κ1) is 12.3. The summed E-state index contributed by atoms with van der Waals surface area (Å²) in [6.07, 6.45) is 2.73. The first-order valence-corrected chi connectivity index (χ1v) is 5.54. The fourth-order valence-corrected chi connectivity index (χ4v) is 1.75. The lowest BCUT2D eigenvalue weighted by molar-refractivity contribution is 0.0600. The number of nitrogens with zero attached hydrogens (tertiary/aromatic N) is 2. The van der Waals surface area contributed by atoms with Gasteiger partial charge < -0.3 is 9.84 Å². The molecule has 1 atom stereocenters. The Hall–Kier alpha value is -2.14. The number of esters is 1. The minimum absolute atomic E-state index is 0.407. The van der Waals surface area contributed by atoms with Crippen molar-refractivity contribution in [2.24, 2.45) is 0 Å². The van der Waals surface area contributed by atoms with Crippen LogP contribution in [0.4, 0.5) is 0 Å². The van der Waals surface area contributed by atoms with E-state index in [1.165, 1.54) is 7.11 Å². The minimum atomic E-state index is -0.700. The number of aliphatic hydroxyl groups is 1. The van der Waals surface area contributed by atoms with Crippen LogP contribution in [-0.2, 0) is 4.74 Å². The number of hydrogen-bond acceptors (Lipinski definition) is 4. The number of ether oxygens (including phenoxy) is 1. The van der Waals surface area contributed by atoms with Gasteiger partial charge in [-0.15, -0.1) is 0 Å². The smallest absolute Gasteiger partial charge is 0.337 e. The van der Waals surface area contributed by atoms with Crippen molar-refractivity contribution >= 4 is 5.97 Å². The average Bonchev–Trinajstić information content (AvgIpc) is 2.90. The zero-order valence-electron chi connectivity index (χ0n) is 10.2. The second kappa shape index (κ2) is 5.01. The van der Waals surface area contributed by atoms with Crippen molar-refractivity contribution in [1.82, 2.24) is 9.78 Å². The number of carbonyl (C=O) groups excluding carboxylic acids is 1. The summed E-state index contributed by atoms with van der Waals surface area (Å²) >= 11 is 0. The molecule has 0 radical (unpaired) electrons. The largest absolute Gasteiger partial charge is 0.465 e. The van der Waals surface area contributed by atoms with Crippen LogP contribution in [0.1, 0.15) is 28.9 Å². The van der Waals surface area contributed by atoms with Gasteiger partial charge in [-0.3, -0.25) is 0 Å². The summed E-state index contributed by atoms with van der Waals surface area (Å²) in [6.45, 7) is 1.64. The maximum absolute atomic E-state index is 11.5. The molecule has 1 heterocycles. The first-order chi connectivity index (χ1) is 8.63. The quantitative estimate of drug-likeness (QED) is 0.837. The summed E-state index contributed by atoms with van der Waals surface area (Å²) in [5.41, 5.74) is 1.77. The Balaban J connectivity index is 2.52. The Labute approximate surface area is 105 Å². The van der Waals surface area contributed by atoms with Crippen molar-refractivity contribution in [2.45, 2.75) is 13.0 Å². The number of aromatic nitrogens is 2. The van der Waals surface area contributed by atoms with Crippen LogP contribution in [-0.4, -0.2) is 28.0 Å². The van der Waals surface area contributed by atoms with E-state index in [9.17, 15) is 9.90 Å². The highest BCUT2D eigenvalue weighted by atomic mass is 16.5. The molecule has 0 aliphatic rings. The SMILES string of the molecule is COC(=O)c1ccc(-n2cccn2)c(C(C)O)c1. The standard InChI is InChI=1S/C13H14N2O3/c1-9(16)11-8-10(13(17)18-2)4-5-12(11)15-7-3-6-14-15/h3-9,16H,1-2H3. The highest BCUT2D eigenvalue weighted by Crippen LogP contribution is 2.23. The van der Waals surface area contributed by atoms with E-state index >= 15 is 0 Å². The van der Waals surface area contributed by atoms with Gasteiger partial charge in [-0.2, -0.15) is 5.10 Å². The Bertz CT molecular complexity index is 547. The number of rotatable bonds is 3. The van der Waals surface area contributed by atoms with Gasteiger partial charge in [-0.1, -0.05) is 0 Å². The van der Waals surface area contributed by atoms with Gasteiger partial charge >= 0.3 is 5.97 Å². The topological polar surface area (TPSA) is 64.4 Å². The van der Waals surface area contributed by atoms with E-state index in [1.807, 2.05) is 0 Å². The third kappa shape index (κ3) is 2.26. The van der Waals surface area contributed by atoms with Crippen LogP contribution in [0.25, 0.3) is 5.69 Å². The van der Waals surface area contributed by atoms with Crippen LogP contribution >= 0.6 is 0 Å². The lowest BCUT2D eigenvalue weighted by atomic mass is 10.0. The number of hydrogen-bond donors (Lipinski definition) is 1. The molecule has 1 aromatic heterocycles. The summed E-state index contributed by atoms with van der Waals surface area (Å²) in [6, 6.07) is 6.80. The monoisotopic (exact) mass is 246 g/mol. The summed E-state index contributed by atoms with van der Waals surface area (Å²) < 4.78 is 6.30. The molecule has 2 aromatic rings. The maximum atomic E-state index is 11.5. The molecule has 94 valence electrons. The average molecular weight is 246 g/mol. The summed E-state index contributed by atoms with van der Waals surface area (Å²) in [5, 5.41) is 13.9. The third-order valence-electron chi connectivity index (χ3n) is 2.65. The summed E-state index contributed by atoms with van der Waals surface area (Å²) in [7, 11) is 1.33. The zero-order chi connectivity index (χ0) is 13.1. The van der Waals surface area contributed by atoms with Crippen molar-refractivity contribution < 1.29 is 14.6 Å². The second-order valence-corrected chi connectivity index (χ2v) is 3.89. The highest BCUT2D eigenvalue weighted by molar-refractivity contribution is 5.89. The highest BCUT2D eigenvalue weighted by Gasteiger charge is 2.14. The summed E-state index contributed by atoms with van der Waals surface area (Å²) in [5.74, 6) is -0.427. The Kier molecular flexibility index (Phi) is 3.43. The van der Waals surface area contributed by atoms with Gasteiger partial charge in [0.1, 0.15) is 0 Å². The van der Waals surface area contributed by atoms with Crippen LogP contribution in [0.15, 0.2) is 36.7 Å². The first-order valence-electron chi connectivity index (χ1n) is 5.54. The maximum Gasteiger partial charge on any atom is 0.337 e. The number of benzene rings is 1. The molecule has 1 N–H and O–H groups in total. The molecule has 0 aliphatic heterocycles. The molecule has 0 spiro atoms. The minimum Gasteiger partial charge on any atom is -0.465 e. The fourth-order valence-electron chi connectivity index (χ4n) is 1.75. The van der Waals surface area contributed by atoms with Gasteiger partial charge in [0.25, 0.3) is 0 Å². The molecule has 0 saturated carbocycles. The van der Waals surface area contributed by atoms with Gasteiger partial charge in [0.05, 0.1) is 24.5 Å². The predicted octanol–water partition coefficient (Wildman–Crippen LogP) is 1.71. The Morgan fingerprint density at radius 3 is 2.83 bits per heavy atom.